The van der Waals surface area contributed by atoms with Gasteiger partial charge in [0.25, 0.3) is 0 Å². The maximum Gasteiger partial charge on any atom is 0.123 e. The average Bonchev–Trinajstić information content (AvgIpc) is 2.61. The van der Waals surface area contributed by atoms with Crippen LogP contribution in [0.1, 0.15) is 43.2 Å². The molecule has 2 rings (SSSR count). The van der Waals surface area contributed by atoms with Crippen molar-refractivity contribution >= 4 is 0 Å². The van der Waals surface area contributed by atoms with Gasteiger partial charge < -0.3 is 10.5 Å². The summed E-state index contributed by atoms with van der Waals surface area (Å²) in [5, 5.41) is 8.99. The summed E-state index contributed by atoms with van der Waals surface area (Å²) in [7, 11) is 0. The lowest BCUT2D eigenvalue weighted by Gasteiger charge is -2.22. The standard InChI is InChI=1S/C15H19FN2O/c16-13-7-6-11(9-17)12(8-13)10-19-15-5-3-1-2-4-14(15)18/h6-8,14-15H,1-5,10,18H2. The van der Waals surface area contributed by atoms with Crippen molar-refractivity contribution in [1.29, 1.82) is 5.26 Å². The van der Waals surface area contributed by atoms with Gasteiger partial charge in [-0.1, -0.05) is 19.3 Å². The predicted molar refractivity (Wildman–Crippen MR) is 70.8 cm³/mol. The first-order valence-electron chi connectivity index (χ1n) is 6.76. The number of ether oxygens (including phenoxy) is 1. The second-order valence-corrected chi connectivity index (χ2v) is 5.06. The quantitative estimate of drug-likeness (QED) is 0.852. The fourth-order valence-electron chi connectivity index (χ4n) is 2.50. The fourth-order valence-corrected chi connectivity index (χ4v) is 2.50. The smallest absolute Gasteiger partial charge is 0.123 e. The van der Waals surface area contributed by atoms with Gasteiger partial charge in [0, 0.05) is 6.04 Å². The highest BCUT2D eigenvalue weighted by Gasteiger charge is 2.21. The molecule has 102 valence electrons. The average molecular weight is 262 g/mol. The van der Waals surface area contributed by atoms with Gasteiger partial charge >= 0.3 is 0 Å². The number of benzene rings is 1. The molecule has 0 heterocycles. The third kappa shape index (κ3) is 3.76. The van der Waals surface area contributed by atoms with Gasteiger partial charge in [0.2, 0.25) is 0 Å². The van der Waals surface area contributed by atoms with Crippen molar-refractivity contribution < 1.29 is 9.13 Å². The van der Waals surface area contributed by atoms with E-state index in [1.54, 1.807) is 0 Å². The highest BCUT2D eigenvalue weighted by molar-refractivity contribution is 5.37. The van der Waals surface area contributed by atoms with Gasteiger partial charge in [-0.3, -0.25) is 0 Å². The van der Waals surface area contributed by atoms with E-state index in [0.717, 1.165) is 25.7 Å². The number of halogens is 1. The third-order valence-corrected chi connectivity index (χ3v) is 3.64. The second-order valence-electron chi connectivity index (χ2n) is 5.06. The zero-order chi connectivity index (χ0) is 13.7. The normalized spacial score (nSPS) is 23.6. The SMILES string of the molecule is N#Cc1ccc(F)cc1COC1CCCCCC1N. The van der Waals surface area contributed by atoms with Crippen LogP contribution in [0.15, 0.2) is 18.2 Å². The molecule has 2 atom stereocenters. The van der Waals surface area contributed by atoms with Crippen LogP contribution in [-0.4, -0.2) is 12.1 Å². The van der Waals surface area contributed by atoms with Crippen molar-refractivity contribution in [3.05, 3.63) is 35.1 Å². The number of nitrogens with zero attached hydrogens (tertiary/aromatic N) is 1. The fraction of sp³-hybridized carbons (Fsp3) is 0.533. The Hall–Kier alpha value is -1.44. The Kier molecular flexibility index (Phi) is 4.89. The Morgan fingerprint density at radius 2 is 2.11 bits per heavy atom. The molecule has 1 aliphatic rings. The van der Waals surface area contributed by atoms with Crippen molar-refractivity contribution in [2.75, 3.05) is 0 Å². The Labute approximate surface area is 113 Å². The van der Waals surface area contributed by atoms with Gasteiger partial charge in [-0.05, 0) is 36.6 Å². The molecule has 3 nitrogen and oxygen atoms in total. The summed E-state index contributed by atoms with van der Waals surface area (Å²) in [6.45, 7) is 0.249. The minimum absolute atomic E-state index is 0.0114. The second kappa shape index (κ2) is 6.65. The summed E-state index contributed by atoms with van der Waals surface area (Å²) in [5.74, 6) is -0.345. The van der Waals surface area contributed by atoms with E-state index in [1.165, 1.54) is 24.6 Å². The molecule has 1 aliphatic carbocycles. The molecule has 0 saturated heterocycles. The molecule has 2 unspecified atom stereocenters. The summed E-state index contributed by atoms with van der Waals surface area (Å²) in [6, 6.07) is 6.24. The van der Waals surface area contributed by atoms with Crippen molar-refractivity contribution in [1.82, 2.24) is 0 Å². The molecule has 0 aliphatic heterocycles. The zero-order valence-electron chi connectivity index (χ0n) is 10.9. The molecule has 0 aromatic heterocycles. The Morgan fingerprint density at radius 1 is 1.32 bits per heavy atom. The topological polar surface area (TPSA) is 59.0 Å². The Bertz CT molecular complexity index is 470. The van der Waals surface area contributed by atoms with Crippen molar-refractivity contribution in [3.8, 4) is 6.07 Å². The zero-order valence-corrected chi connectivity index (χ0v) is 10.9. The molecular formula is C15H19FN2O. The van der Waals surface area contributed by atoms with Gasteiger partial charge in [0.15, 0.2) is 0 Å². The minimum atomic E-state index is -0.345. The van der Waals surface area contributed by atoms with Crippen molar-refractivity contribution in [2.24, 2.45) is 5.73 Å². The molecule has 4 heteroatoms. The Balaban J connectivity index is 2.01. The monoisotopic (exact) mass is 262 g/mol. The van der Waals surface area contributed by atoms with E-state index in [9.17, 15) is 4.39 Å². The highest BCUT2D eigenvalue weighted by atomic mass is 19.1. The van der Waals surface area contributed by atoms with Crippen LogP contribution in [0.2, 0.25) is 0 Å². The molecule has 0 bridgehead atoms. The summed E-state index contributed by atoms with van der Waals surface area (Å²) in [5.41, 5.74) is 7.14. The third-order valence-electron chi connectivity index (χ3n) is 3.64. The summed E-state index contributed by atoms with van der Waals surface area (Å²) >= 11 is 0. The number of hydrogen-bond acceptors (Lipinski definition) is 3. The number of rotatable bonds is 3. The van der Waals surface area contributed by atoms with Gasteiger partial charge in [-0.15, -0.1) is 0 Å². The maximum absolute atomic E-state index is 13.2. The van der Waals surface area contributed by atoms with Gasteiger partial charge in [-0.2, -0.15) is 5.26 Å². The molecule has 0 spiro atoms. The minimum Gasteiger partial charge on any atom is -0.372 e. The lowest BCUT2D eigenvalue weighted by atomic mass is 10.1. The lowest BCUT2D eigenvalue weighted by molar-refractivity contribution is 0.0192. The summed E-state index contributed by atoms with van der Waals surface area (Å²) < 4.78 is 19.0. The van der Waals surface area contributed by atoms with E-state index in [-0.39, 0.29) is 24.6 Å². The van der Waals surface area contributed by atoms with Gasteiger partial charge in [0.05, 0.1) is 24.3 Å². The summed E-state index contributed by atoms with van der Waals surface area (Å²) in [6.07, 6.45) is 5.38. The van der Waals surface area contributed by atoms with E-state index in [2.05, 4.69) is 6.07 Å². The van der Waals surface area contributed by atoms with Crippen molar-refractivity contribution in [3.63, 3.8) is 0 Å². The lowest BCUT2D eigenvalue weighted by Crippen LogP contribution is -2.35. The van der Waals surface area contributed by atoms with Crippen LogP contribution in [0, 0.1) is 17.1 Å². The first-order valence-corrected chi connectivity index (χ1v) is 6.76. The Morgan fingerprint density at radius 3 is 2.89 bits per heavy atom. The van der Waals surface area contributed by atoms with Crippen LogP contribution in [0.5, 0.6) is 0 Å². The molecule has 1 fully saturated rings. The van der Waals surface area contributed by atoms with E-state index >= 15 is 0 Å². The predicted octanol–water partition coefficient (Wildman–Crippen LogP) is 2.87. The number of nitriles is 1. The first kappa shape index (κ1) is 14.0. The largest absolute Gasteiger partial charge is 0.372 e. The molecule has 1 aromatic carbocycles. The van der Waals surface area contributed by atoms with Crippen LogP contribution < -0.4 is 5.73 Å². The molecule has 0 amide bonds. The van der Waals surface area contributed by atoms with E-state index in [0.29, 0.717) is 11.1 Å². The molecular weight excluding hydrogens is 243 g/mol. The van der Waals surface area contributed by atoms with Crippen LogP contribution in [0.25, 0.3) is 0 Å². The van der Waals surface area contributed by atoms with Crippen LogP contribution >= 0.6 is 0 Å². The van der Waals surface area contributed by atoms with E-state index in [4.69, 9.17) is 15.7 Å². The number of nitrogens with two attached hydrogens (primary N) is 1. The molecule has 0 radical (unpaired) electrons. The maximum atomic E-state index is 13.2. The first-order chi connectivity index (χ1) is 9.20. The van der Waals surface area contributed by atoms with Crippen LogP contribution in [0.3, 0.4) is 0 Å². The van der Waals surface area contributed by atoms with Crippen LogP contribution in [0.4, 0.5) is 4.39 Å². The molecule has 1 saturated carbocycles. The molecule has 19 heavy (non-hydrogen) atoms. The van der Waals surface area contributed by atoms with Gasteiger partial charge in [-0.25, -0.2) is 4.39 Å². The molecule has 1 aromatic rings. The van der Waals surface area contributed by atoms with Crippen molar-refractivity contribution in [2.45, 2.75) is 50.9 Å². The number of hydrogen-bond donors (Lipinski definition) is 1. The van der Waals surface area contributed by atoms with E-state index in [1.807, 2.05) is 0 Å². The van der Waals surface area contributed by atoms with Gasteiger partial charge in [0.1, 0.15) is 5.82 Å². The van der Waals surface area contributed by atoms with E-state index < -0.39 is 0 Å². The van der Waals surface area contributed by atoms with Crippen LogP contribution in [-0.2, 0) is 11.3 Å². The summed E-state index contributed by atoms with van der Waals surface area (Å²) in [4.78, 5) is 0. The molecule has 2 N–H and O–H groups in total. The highest BCUT2D eigenvalue weighted by Crippen LogP contribution is 2.21.